The summed E-state index contributed by atoms with van der Waals surface area (Å²) >= 11 is 3.39. The topological polar surface area (TPSA) is 70.1 Å². The van der Waals surface area contributed by atoms with E-state index in [1.54, 1.807) is 12.3 Å². The normalized spacial score (nSPS) is 10.8. The third-order valence-corrected chi connectivity index (χ3v) is 3.67. The number of rotatable bonds is 4. The van der Waals surface area contributed by atoms with Gasteiger partial charge in [-0.3, -0.25) is 9.89 Å². The number of halogens is 1. The molecule has 0 aliphatic carbocycles. The summed E-state index contributed by atoms with van der Waals surface area (Å²) in [4.78, 5) is 12.0. The molecule has 1 aromatic heterocycles. The van der Waals surface area contributed by atoms with E-state index >= 15 is 0 Å². The highest BCUT2D eigenvalue weighted by molar-refractivity contribution is 9.10. The molecule has 5 nitrogen and oxygen atoms in total. The van der Waals surface area contributed by atoms with Gasteiger partial charge in [-0.05, 0) is 23.8 Å². The predicted octanol–water partition coefficient (Wildman–Crippen LogP) is 3.60. The quantitative estimate of drug-likeness (QED) is 0.545. The van der Waals surface area contributed by atoms with Gasteiger partial charge in [-0.1, -0.05) is 58.4 Å². The summed E-state index contributed by atoms with van der Waals surface area (Å²) in [6.07, 6.45) is 1.59. The van der Waals surface area contributed by atoms with E-state index in [9.17, 15) is 4.79 Å². The standard InChI is InChI=1S/C17H13BrN4O/c18-14-8-6-13(7-9-14)15-10-16(21-20-15)17(23)22-19-11-12-4-2-1-3-5-12/h1-11H,(H,20,21)(H,22,23). The molecule has 0 aliphatic heterocycles. The zero-order valence-electron chi connectivity index (χ0n) is 12.0. The van der Waals surface area contributed by atoms with E-state index < -0.39 is 0 Å². The first kappa shape index (κ1) is 15.2. The van der Waals surface area contributed by atoms with Gasteiger partial charge in [0.15, 0.2) is 0 Å². The first-order valence-electron chi connectivity index (χ1n) is 6.92. The van der Waals surface area contributed by atoms with Crippen molar-refractivity contribution in [3.63, 3.8) is 0 Å². The van der Waals surface area contributed by atoms with Crippen LogP contribution in [-0.2, 0) is 0 Å². The molecule has 0 saturated heterocycles. The van der Waals surface area contributed by atoms with Crippen LogP contribution in [0.25, 0.3) is 11.3 Å². The van der Waals surface area contributed by atoms with Crippen molar-refractivity contribution in [2.24, 2.45) is 5.10 Å². The van der Waals surface area contributed by atoms with Crippen molar-refractivity contribution in [3.8, 4) is 11.3 Å². The van der Waals surface area contributed by atoms with Crippen molar-refractivity contribution in [1.82, 2.24) is 15.6 Å². The van der Waals surface area contributed by atoms with E-state index in [1.165, 1.54) is 0 Å². The molecule has 23 heavy (non-hydrogen) atoms. The van der Waals surface area contributed by atoms with Gasteiger partial charge in [0, 0.05) is 10.0 Å². The second kappa shape index (κ2) is 7.02. The van der Waals surface area contributed by atoms with Crippen LogP contribution in [0.2, 0.25) is 0 Å². The average Bonchev–Trinajstić information content (AvgIpc) is 3.06. The van der Waals surface area contributed by atoms with Gasteiger partial charge in [-0.15, -0.1) is 0 Å². The third-order valence-electron chi connectivity index (χ3n) is 3.14. The van der Waals surface area contributed by atoms with Crippen LogP contribution in [0.1, 0.15) is 16.1 Å². The Labute approximate surface area is 141 Å². The van der Waals surface area contributed by atoms with Gasteiger partial charge in [0.1, 0.15) is 5.69 Å². The van der Waals surface area contributed by atoms with Crippen LogP contribution in [0.4, 0.5) is 0 Å². The van der Waals surface area contributed by atoms with Crippen molar-refractivity contribution in [1.29, 1.82) is 0 Å². The summed E-state index contributed by atoms with van der Waals surface area (Å²) < 4.78 is 0.991. The van der Waals surface area contributed by atoms with E-state index in [0.717, 1.165) is 15.6 Å². The van der Waals surface area contributed by atoms with Crippen LogP contribution >= 0.6 is 15.9 Å². The van der Waals surface area contributed by atoms with E-state index in [-0.39, 0.29) is 5.91 Å². The van der Waals surface area contributed by atoms with Gasteiger partial charge >= 0.3 is 0 Å². The summed E-state index contributed by atoms with van der Waals surface area (Å²) in [5.41, 5.74) is 5.37. The smallest absolute Gasteiger partial charge is 0.272 e. The Morgan fingerprint density at radius 2 is 1.87 bits per heavy atom. The fraction of sp³-hybridized carbons (Fsp3) is 0. The van der Waals surface area contributed by atoms with Crippen molar-refractivity contribution >= 4 is 28.1 Å². The second-order valence-electron chi connectivity index (χ2n) is 4.78. The van der Waals surface area contributed by atoms with Crippen molar-refractivity contribution in [3.05, 3.63) is 76.4 Å². The lowest BCUT2D eigenvalue weighted by Gasteiger charge is -1.96. The van der Waals surface area contributed by atoms with Crippen LogP contribution in [-0.4, -0.2) is 22.3 Å². The Kier molecular flexibility index (Phi) is 4.63. The first-order valence-corrected chi connectivity index (χ1v) is 7.71. The number of carbonyl (C=O) groups is 1. The van der Waals surface area contributed by atoms with Crippen LogP contribution in [0.15, 0.2) is 70.2 Å². The predicted molar refractivity (Wildman–Crippen MR) is 93.2 cm³/mol. The van der Waals surface area contributed by atoms with Crippen LogP contribution in [0.3, 0.4) is 0 Å². The minimum Gasteiger partial charge on any atom is -0.272 e. The first-order chi connectivity index (χ1) is 11.2. The molecular weight excluding hydrogens is 356 g/mol. The highest BCUT2D eigenvalue weighted by atomic mass is 79.9. The van der Waals surface area contributed by atoms with Gasteiger partial charge in [0.05, 0.1) is 11.9 Å². The Morgan fingerprint density at radius 3 is 2.61 bits per heavy atom. The molecule has 0 radical (unpaired) electrons. The molecule has 0 aliphatic rings. The molecular formula is C17H13BrN4O. The number of amides is 1. The summed E-state index contributed by atoms with van der Waals surface area (Å²) in [6, 6.07) is 18.9. The number of nitrogens with zero attached hydrogens (tertiary/aromatic N) is 2. The fourth-order valence-corrected chi connectivity index (χ4v) is 2.24. The van der Waals surface area contributed by atoms with Crippen molar-refractivity contribution < 1.29 is 4.79 Å². The highest BCUT2D eigenvalue weighted by Crippen LogP contribution is 2.20. The molecule has 0 spiro atoms. The highest BCUT2D eigenvalue weighted by Gasteiger charge is 2.10. The van der Waals surface area contributed by atoms with Gasteiger partial charge in [0.25, 0.3) is 5.91 Å². The molecule has 1 heterocycles. The number of benzene rings is 2. The van der Waals surface area contributed by atoms with E-state index in [0.29, 0.717) is 11.4 Å². The molecule has 0 fully saturated rings. The van der Waals surface area contributed by atoms with Crippen molar-refractivity contribution in [2.75, 3.05) is 0 Å². The largest absolute Gasteiger partial charge is 0.289 e. The maximum Gasteiger partial charge on any atom is 0.289 e. The summed E-state index contributed by atoms with van der Waals surface area (Å²) in [6.45, 7) is 0. The number of aromatic nitrogens is 2. The van der Waals surface area contributed by atoms with Crippen LogP contribution < -0.4 is 5.43 Å². The van der Waals surface area contributed by atoms with Gasteiger partial charge in [-0.25, -0.2) is 5.43 Å². The Balaban J connectivity index is 1.67. The zero-order chi connectivity index (χ0) is 16.1. The Morgan fingerprint density at radius 1 is 1.13 bits per heavy atom. The lowest BCUT2D eigenvalue weighted by Crippen LogP contribution is -2.17. The molecule has 1 amide bonds. The van der Waals surface area contributed by atoms with Crippen molar-refractivity contribution in [2.45, 2.75) is 0 Å². The lowest BCUT2D eigenvalue weighted by atomic mass is 10.1. The molecule has 2 N–H and O–H groups in total. The molecule has 0 bridgehead atoms. The molecule has 0 unspecified atom stereocenters. The minimum absolute atomic E-state index is 0.340. The van der Waals surface area contributed by atoms with Gasteiger partial charge < -0.3 is 0 Å². The molecule has 0 saturated carbocycles. The number of H-pyrrole nitrogens is 1. The van der Waals surface area contributed by atoms with Gasteiger partial charge in [-0.2, -0.15) is 10.2 Å². The maximum absolute atomic E-state index is 12.0. The number of hydrogen-bond donors (Lipinski definition) is 2. The molecule has 6 heteroatoms. The Hall–Kier alpha value is -2.73. The van der Waals surface area contributed by atoms with Crippen LogP contribution in [0.5, 0.6) is 0 Å². The van der Waals surface area contributed by atoms with Crippen LogP contribution in [0, 0.1) is 0 Å². The summed E-state index contributed by atoms with van der Waals surface area (Å²) in [7, 11) is 0. The number of carbonyl (C=O) groups excluding carboxylic acids is 1. The van der Waals surface area contributed by atoms with E-state index in [1.807, 2.05) is 54.6 Å². The van der Waals surface area contributed by atoms with E-state index in [4.69, 9.17) is 0 Å². The van der Waals surface area contributed by atoms with E-state index in [2.05, 4.69) is 36.7 Å². The summed E-state index contributed by atoms with van der Waals surface area (Å²) in [5, 5.41) is 10.8. The number of aromatic amines is 1. The average molecular weight is 369 g/mol. The third kappa shape index (κ3) is 3.92. The minimum atomic E-state index is -0.340. The molecule has 3 rings (SSSR count). The number of nitrogens with one attached hydrogen (secondary N) is 2. The monoisotopic (exact) mass is 368 g/mol. The number of hydrogen-bond acceptors (Lipinski definition) is 3. The lowest BCUT2D eigenvalue weighted by molar-refractivity contribution is 0.0950. The molecule has 0 atom stereocenters. The Bertz CT molecular complexity index is 825. The summed E-state index contributed by atoms with van der Waals surface area (Å²) in [5.74, 6) is -0.340. The molecule has 2 aromatic carbocycles. The maximum atomic E-state index is 12.0. The van der Waals surface area contributed by atoms with Gasteiger partial charge in [0.2, 0.25) is 0 Å². The number of hydrazone groups is 1. The SMILES string of the molecule is O=C(NN=Cc1ccccc1)c1cc(-c2ccc(Br)cc2)n[nH]1. The molecule has 114 valence electrons. The zero-order valence-corrected chi connectivity index (χ0v) is 13.6. The second-order valence-corrected chi connectivity index (χ2v) is 5.70. The fourth-order valence-electron chi connectivity index (χ4n) is 1.97. The molecule has 3 aromatic rings.